The molecule has 0 radical (unpaired) electrons. The van der Waals surface area contributed by atoms with Crippen LogP contribution in [0, 0.1) is 11.6 Å². The zero-order valence-corrected chi connectivity index (χ0v) is 13.1. The van der Waals surface area contributed by atoms with Crippen LogP contribution in [0.5, 0.6) is 0 Å². The van der Waals surface area contributed by atoms with E-state index in [1.165, 1.54) is 12.1 Å². The van der Waals surface area contributed by atoms with Gasteiger partial charge in [-0.2, -0.15) is 0 Å². The minimum absolute atomic E-state index is 0.0841. The van der Waals surface area contributed by atoms with Crippen molar-refractivity contribution in [2.24, 2.45) is 5.73 Å². The first-order valence-electron chi connectivity index (χ1n) is 7.57. The molecule has 1 heterocycles. The van der Waals surface area contributed by atoms with Gasteiger partial charge in [0.1, 0.15) is 17.3 Å². The molecule has 21 heavy (non-hydrogen) atoms. The molecular formula is C16H25F2N3. The summed E-state index contributed by atoms with van der Waals surface area (Å²) >= 11 is 0. The normalized spacial score (nSPS) is 22.2. The number of likely N-dealkylation sites (N-methyl/N-ethyl adjacent to an activating group) is 1. The summed E-state index contributed by atoms with van der Waals surface area (Å²) in [6, 6.07) is 2.81. The number of hydrogen-bond acceptors (Lipinski definition) is 3. The van der Waals surface area contributed by atoms with E-state index in [2.05, 4.69) is 4.90 Å². The van der Waals surface area contributed by atoms with E-state index in [1.807, 2.05) is 25.8 Å². The van der Waals surface area contributed by atoms with E-state index < -0.39 is 11.6 Å². The van der Waals surface area contributed by atoms with Crippen molar-refractivity contribution in [3.8, 4) is 0 Å². The van der Waals surface area contributed by atoms with Crippen molar-refractivity contribution < 1.29 is 8.78 Å². The quantitative estimate of drug-likeness (QED) is 0.930. The fourth-order valence-electron chi connectivity index (χ4n) is 3.09. The molecule has 2 N–H and O–H groups in total. The van der Waals surface area contributed by atoms with Gasteiger partial charge >= 0.3 is 0 Å². The first-order valence-corrected chi connectivity index (χ1v) is 7.57. The predicted octanol–water partition coefficient (Wildman–Crippen LogP) is 2.38. The second-order valence-electron chi connectivity index (χ2n) is 6.25. The summed E-state index contributed by atoms with van der Waals surface area (Å²) in [5, 5.41) is 0. The maximum absolute atomic E-state index is 14.4. The lowest BCUT2D eigenvalue weighted by molar-refractivity contribution is 0.336. The Kier molecular flexibility index (Phi) is 5.17. The summed E-state index contributed by atoms with van der Waals surface area (Å²) in [5.74, 6) is -0.968. The molecule has 118 valence electrons. The summed E-state index contributed by atoms with van der Waals surface area (Å²) in [6.45, 7) is 6.27. The molecule has 3 nitrogen and oxygen atoms in total. The second kappa shape index (κ2) is 6.71. The topological polar surface area (TPSA) is 32.5 Å². The molecule has 1 fully saturated rings. The minimum atomic E-state index is -0.484. The van der Waals surface area contributed by atoms with Crippen molar-refractivity contribution in [3.05, 3.63) is 29.3 Å². The molecule has 1 aromatic rings. The summed E-state index contributed by atoms with van der Waals surface area (Å²) in [6.07, 6.45) is 1.38. The highest BCUT2D eigenvalue weighted by atomic mass is 19.1. The van der Waals surface area contributed by atoms with Crippen LogP contribution in [-0.2, 0) is 6.42 Å². The number of nitrogens with zero attached hydrogens (tertiary/aromatic N) is 2. The van der Waals surface area contributed by atoms with Crippen LogP contribution in [0.1, 0.15) is 25.8 Å². The Hall–Kier alpha value is -1.20. The average molecular weight is 297 g/mol. The van der Waals surface area contributed by atoms with E-state index in [0.29, 0.717) is 18.5 Å². The third-order valence-electron chi connectivity index (χ3n) is 3.97. The zero-order chi connectivity index (χ0) is 15.6. The van der Waals surface area contributed by atoms with Gasteiger partial charge in [-0.15, -0.1) is 0 Å². The van der Waals surface area contributed by atoms with Gasteiger partial charge in [0, 0.05) is 25.2 Å². The lowest BCUT2D eigenvalue weighted by Crippen LogP contribution is -2.39. The molecule has 2 atom stereocenters. The Bertz CT molecular complexity index is 467. The molecule has 1 aliphatic heterocycles. The lowest BCUT2D eigenvalue weighted by Gasteiger charge is -2.31. The lowest BCUT2D eigenvalue weighted by atomic mass is 10.1. The molecule has 0 spiro atoms. The van der Waals surface area contributed by atoms with Gasteiger partial charge in [0.2, 0.25) is 0 Å². The van der Waals surface area contributed by atoms with E-state index in [-0.39, 0.29) is 17.8 Å². The van der Waals surface area contributed by atoms with Gasteiger partial charge in [0.05, 0.1) is 0 Å². The summed E-state index contributed by atoms with van der Waals surface area (Å²) in [7, 11) is 2.04. The van der Waals surface area contributed by atoms with Gasteiger partial charge in [-0.1, -0.05) is 0 Å². The van der Waals surface area contributed by atoms with Crippen molar-refractivity contribution in [3.63, 3.8) is 0 Å². The van der Waals surface area contributed by atoms with Crippen LogP contribution in [0.2, 0.25) is 0 Å². The Morgan fingerprint density at radius 1 is 1.29 bits per heavy atom. The van der Waals surface area contributed by atoms with E-state index in [4.69, 9.17) is 5.73 Å². The SMILES string of the molecule is CC(N)Cc1cc(F)c(N2CCCN(C)CC2C)c(F)c1. The van der Waals surface area contributed by atoms with Crippen molar-refractivity contribution >= 4 is 5.69 Å². The molecule has 1 aromatic carbocycles. The maximum Gasteiger partial charge on any atom is 0.149 e. The predicted molar refractivity (Wildman–Crippen MR) is 82.6 cm³/mol. The van der Waals surface area contributed by atoms with Crippen LogP contribution < -0.4 is 10.6 Å². The highest BCUT2D eigenvalue weighted by molar-refractivity contribution is 5.52. The Morgan fingerprint density at radius 3 is 2.48 bits per heavy atom. The number of halogens is 2. The highest BCUT2D eigenvalue weighted by Gasteiger charge is 2.25. The maximum atomic E-state index is 14.4. The molecule has 2 rings (SSSR count). The smallest absolute Gasteiger partial charge is 0.149 e. The fraction of sp³-hybridized carbons (Fsp3) is 0.625. The Balaban J connectivity index is 2.30. The van der Waals surface area contributed by atoms with Crippen molar-refractivity contribution in [2.75, 3.05) is 31.6 Å². The molecule has 5 heteroatoms. The Morgan fingerprint density at radius 2 is 1.90 bits per heavy atom. The molecular weight excluding hydrogens is 272 g/mol. The number of benzene rings is 1. The van der Waals surface area contributed by atoms with E-state index in [0.717, 1.165) is 19.5 Å². The van der Waals surface area contributed by atoms with Crippen LogP contribution in [0.15, 0.2) is 12.1 Å². The first kappa shape index (κ1) is 16.2. The van der Waals surface area contributed by atoms with Gasteiger partial charge in [0.25, 0.3) is 0 Å². The van der Waals surface area contributed by atoms with Gasteiger partial charge in [-0.3, -0.25) is 0 Å². The van der Waals surface area contributed by atoms with Gasteiger partial charge < -0.3 is 15.5 Å². The van der Waals surface area contributed by atoms with Gasteiger partial charge in [0.15, 0.2) is 0 Å². The molecule has 1 saturated heterocycles. The second-order valence-corrected chi connectivity index (χ2v) is 6.25. The molecule has 0 saturated carbocycles. The van der Waals surface area contributed by atoms with Crippen molar-refractivity contribution in [1.82, 2.24) is 4.90 Å². The molecule has 0 bridgehead atoms. The van der Waals surface area contributed by atoms with Crippen LogP contribution in [0.25, 0.3) is 0 Å². The third-order valence-corrected chi connectivity index (χ3v) is 3.97. The van der Waals surface area contributed by atoms with Crippen molar-refractivity contribution in [1.29, 1.82) is 0 Å². The molecule has 2 unspecified atom stereocenters. The minimum Gasteiger partial charge on any atom is -0.363 e. The highest BCUT2D eigenvalue weighted by Crippen LogP contribution is 2.28. The van der Waals surface area contributed by atoms with E-state index >= 15 is 0 Å². The molecule has 0 aromatic heterocycles. The third kappa shape index (κ3) is 3.92. The number of hydrogen-bond donors (Lipinski definition) is 1. The standard InChI is InChI=1S/C16H25F2N3/c1-11(19)7-13-8-14(17)16(15(18)9-13)21-6-4-5-20(3)10-12(21)2/h8-9,11-12H,4-7,10,19H2,1-3H3. The molecule has 0 aliphatic carbocycles. The van der Waals surface area contributed by atoms with Crippen molar-refractivity contribution in [2.45, 2.75) is 38.8 Å². The summed E-state index contributed by atoms with van der Waals surface area (Å²) in [4.78, 5) is 4.05. The van der Waals surface area contributed by atoms with Crippen LogP contribution >= 0.6 is 0 Å². The average Bonchev–Trinajstić information content (AvgIpc) is 2.49. The largest absolute Gasteiger partial charge is 0.363 e. The van der Waals surface area contributed by atoms with Crippen LogP contribution in [0.3, 0.4) is 0 Å². The summed E-state index contributed by atoms with van der Waals surface area (Å²) < 4.78 is 28.8. The monoisotopic (exact) mass is 297 g/mol. The van der Waals surface area contributed by atoms with E-state index in [9.17, 15) is 8.78 Å². The van der Waals surface area contributed by atoms with Crippen LogP contribution in [-0.4, -0.2) is 43.7 Å². The van der Waals surface area contributed by atoms with Gasteiger partial charge in [-0.25, -0.2) is 8.78 Å². The fourth-order valence-corrected chi connectivity index (χ4v) is 3.09. The molecule has 0 amide bonds. The number of rotatable bonds is 3. The number of anilines is 1. The Labute approximate surface area is 125 Å². The zero-order valence-electron chi connectivity index (χ0n) is 13.1. The van der Waals surface area contributed by atoms with Crippen LogP contribution in [0.4, 0.5) is 14.5 Å². The molecule has 1 aliphatic rings. The van der Waals surface area contributed by atoms with Gasteiger partial charge in [-0.05, 0) is 58.0 Å². The first-order chi connectivity index (χ1) is 9.88. The summed E-state index contributed by atoms with van der Waals surface area (Å²) in [5.41, 5.74) is 6.42. The van der Waals surface area contributed by atoms with E-state index in [1.54, 1.807) is 0 Å². The number of nitrogens with two attached hydrogens (primary N) is 1.